The second kappa shape index (κ2) is 5.90. The lowest BCUT2D eigenvalue weighted by molar-refractivity contribution is 0.553. The first-order valence-corrected chi connectivity index (χ1v) is 5.90. The van der Waals surface area contributed by atoms with Crippen LogP contribution in [0.2, 0.25) is 0 Å². The number of thioether (sulfide) groups is 1. The van der Waals surface area contributed by atoms with Crippen molar-refractivity contribution in [3.8, 4) is 0 Å². The average molecular weight is 173 g/mol. The van der Waals surface area contributed by atoms with Crippen molar-refractivity contribution in [1.29, 1.82) is 0 Å². The summed E-state index contributed by atoms with van der Waals surface area (Å²) in [6.45, 7) is 3.49. The van der Waals surface area contributed by atoms with E-state index in [1.165, 1.54) is 43.7 Å². The van der Waals surface area contributed by atoms with Gasteiger partial charge >= 0.3 is 0 Å². The minimum absolute atomic E-state index is 0.854. The molecular formula is C9H19NS. The minimum atomic E-state index is 0.854. The average Bonchev–Trinajstić information content (AvgIpc) is 2.50. The quantitative estimate of drug-likeness (QED) is 0.640. The highest BCUT2D eigenvalue weighted by atomic mass is 32.2. The predicted molar refractivity (Wildman–Crippen MR) is 53.3 cm³/mol. The van der Waals surface area contributed by atoms with Crippen molar-refractivity contribution in [2.75, 3.05) is 18.1 Å². The van der Waals surface area contributed by atoms with E-state index in [9.17, 15) is 0 Å². The van der Waals surface area contributed by atoms with Crippen LogP contribution in [-0.2, 0) is 0 Å². The van der Waals surface area contributed by atoms with Crippen molar-refractivity contribution in [3.05, 3.63) is 0 Å². The highest BCUT2D eigenvalue weighted by Crippen LogP contribution is 2.12. The van der Waals surface area contributed by atoms with Gasteiger partial charge in [0.2, 0.25) is 0 Å². The smallest absolute Gasteiger partial charge is 0.00678 e. The molecule has 11 heavy (non-hydrogen) atoms. The maximum atomic E-state index is 3.52. The summed E-state index contributed by atoms with van der Waals surface area (Å²) in [5, 5.41) is 3.52. The van der Waals surface area contributed by atoms with Crippen LogP contribution in [0, 0.1) is 0 Å². The molecule has 1 heterocycles. The Morgan fingerprint density at radius 3 is 3.09 bits per heavy atom. The van der Waals surface area contributed by atoms with Crippen LogP contribution in [0.15, 0.2) is 0 Å². The molecule has 0 saturated carbocycles. The van der Waals surface area contributed by atoms with Crippen LogP contribution in [0.25, 0.3) is 0 Å². The predicted octanol–water partition coefficient (Wildman–Crippen LogP) is 2.27. The monoisotopic (exact) mass is 173 g/mol. The van der Waals surface area contributed by atoms with Crippen LogP contribution in [0.5, 0.6) is 0 Å². The fourth-order valence-electron chi connectivity index (χ4n) is 1.58. The van der Waals surface area contributed by atoms with Crippen LogP contribution in [0.4, 0.5) is 0 Å². The lowest BCUT2D eigenvalue weighted by Gasteiger charge is -2.08. The largest absolute Gasteiger partial charge is 0.314 e. The van der Waals surface area contributed by atoms with E-state index in [-0.39, 0.29) is 0 Å². The van der Waals surface area contributed by atoms with E-state index in [0.29, 0.717) is 0 Å². The maximum Gasteiger partial charge on any atom is 0.00678 e. The summed E-state index contributed by atoms with van der Waals surface area (Å²) in [4.78, 5) is 0. The molecular weight excluding hydrogens is 154 g/mol. The van der Waals surface area contributed by atoms with Gasteiger partial charge in [-0.2, -0.15) is 11.8 Å². The summed E-state index contributed by atoms with van der Waals surface area (Å²) in [6, 6.07) is 0.854. The molecule has 1 unspecified atom stereocenters. The Morgan fingerprint density at radius 2 is 2.45 bits per heavy atom. The van der Waals surface area contributed by atoms with Crippen LogP contribution in [0.3, 0.4) is 0 Å². The third kappa shape index (κ3) is 4.02. The molecule has 1 rings (SSSR count). The SMILES string of the molecule is CCSCCCC1CCCN1. The first-order chi connectivity index (χ1) is 5.43. The van der Waals surface area contributed by atoms with Gasteiger partial charge in [0.15, 0.2) is 0 Å². The van der Waals surface area contributed by atoms with Gasteiger partial charge in [-0.1, -0.05) is 6.92 Å². The molecule has 1 saturated heterocycles. The first-order valence-electron chi connectivity index (χ1n) is 4.74. The molecule has 0 aromatic heterocycles. The molecule has 1 atom stereocenters. The molecule has 0 aliphatic carbocycles. The van der Waals surface area contributed by atoms with Gasteiger partial charge in [-0.15, -0.1) is 0 Å². The van der Waals surface area contributed by atoms with Crippen molar-refractivity contribution >= 4 is 11.8 Å². The summed E-state index contributed by atoms with van der Waals surface area (Å²) in [6.07, 6.45) is 5.60. The topological polar surface area (TPSA) is 12.0 Å². The summed E-state index contributed by atoms with van der Waals surface area (Å²) in [5.74, 6) is 2.63. The van der Waals surface area contributed by atoms with Gasteiger partial charge in [0, 0.05) is 6.04 Å². The molecule has 0 spiro atoms. The molecule has 1 nitrogen and oxygen atoms in total. The van der Waals surface area contributed by atoms with Gasteiger partial charge in [0.1, 0.15) is 0 Å². The molecule has 1 fully saturated rings. The second-order valence-electron chi connectivity index (χ2n) is 3.13. The molecule has 0 radical (unpaired) electrons. The van der Waals surface area contributed by atoms with Gasteiger partial charge in [-0.3, -0.25) is 0 Å². The van der Waals surface area contributed by atoms with E-state index < -0.39 is 0 Å². The molecule has 0 aromatic rings. The zero-order valence-corrected chi connectivity index (χ0v) is 8.25. The summed E-state index contributed by atoms with van der Waals surface area (Å²) < 4.78 is 0. The van der Waals surface area contributed by atoms with Crippen LogP contribution < -0.4 is 5.32 Å². The third-order valence-corrected chi connectivity index (χ3v) is 3.19. The molecule has 0 amide bonds. The number of rotatable bonds is 5. The molecule has 2 heteroatoms. The molecule has 1 aliphatic heterocycles. The summed E-state index contributed by atoms with van der Waals surface area (Å²) >= 11 is 2.06. The third-order valence-electron chi connectivity index (χ3n) is 2.21. The van der Waals surface area contributed by atoms with Crippen molar-refractivity contribution < 1.29 is 0 Å². The first kappa shape index (κ1) is 9.40. The van der Waals surface area contributed by atoms with Crippen molar-refractivity contribution in [2.45, 2.75) is 38.6 Å². The van der Waals surface area contributed by atoms with Crippen molar-refractivity contribution in [3.63, 3.8) is 0 Å². The van der Waals surface area contributed by atoms with E-state index in [4.69, 9.17) is 0 Å². The van der Waals surface area contributed by atoms with Crippen molar-refractivity contribution in [1.82, 2.24) is 5.32 Å². The van der Waals surface area contributed by atoms with Crippen LogP contribution >= 0.6 is 11.8 Å². The van der Waals surface area contributed by atoms with E-state index in [1.54, 1.807) is 0 Å². The Hall–Kier alpha value is 0.310. The zero-order valence-electron chi connectivity index (χ0n) is 7.44. The molecule has 0 bridgehead atoms. The Labute approximate surface area is 74.3 Å². The summed E-state index contributed by atoms with van der Waals surface area (Å²) in [7, 11) is 0. The number of hydrogen-bond acceptors (Lipinski definition) is 2. The van der Waals surface area contributed by atoms with E-state index in [0.717, 1.165) is 6.04 Å². The van der Waals surface area contributed by atoms with E-state index in [2.05, 4.69) is 24.0 Å². The summed E-state index contributed by atoms with van der Waals surface area (Å²) in [5.41, 5.74) is 0. The van der Waals surface area contributed by atoms with Gasteiger partial charge in [-0.05, 0) is 43.7 Å². The fourth-order valence-corrected chi connectivity index (χ4v) is 2.24. The van der Waals surface area contributed by atoms with Gasteiger partial charge in [0.05, 0.1) is 0 Å². The maximum absolute atomic E-state index is 3.52. The lowest BCUT2D eigenvalue weighted by Crippen LogP contribution is -2.20. The number of hydrogen-bond donors (Lipinski definition) is 1. The van der Waals surface area contributed by atoms with Crippen LogP contribution in [-0.4, -0.2) is 24.1 Å². The van der Waals surface area contributed by atoms with Crippen molar-refractivity contribution in [2.24, 2.45) is 0 Å². The fraction of sp³-hybridized carbons (Fsp3) is 1.00. The molecule has 1 aliphatic rings. The Kier molecular flexibility index (Phi) is 5.04. The normalized spacial score (nSPS) is 24.3. The lowest BCUT2D eigenvalue weighted by atomic mass is 10.1. The van der Waals surface area contributed by atoms with E-state index in [1.807, 2.05) is 0 Å². The molecule has 1 N–H and O–H groups in total. The highest BCUT2D eigenvalue weighted by molar-refractivity contribution is 7.99. The standard InChI is InChI=1S/C9H19NS/c1-2-11-8-4-6-9-5-3-7-10-9/h9-10H,2-8H2,1H3. The zero-order chi connectivity index (χ0) is 7.94. The van der Waals surface area contributed by atoms with Crippen LogP contribution in [0.1, 0.15) is 32.6 Å². The Morgan fingerprint density at radius 1 is 1.55 bits per heavy atom. The van der Waals surface area contributed by atoms with Gasteiger partial charge in [0.25, 0.3) is 0 Å². The second-order valence-corrected chi connectivity index (χ2v) is 4.53. The van der Waals surface area contributed by atoms with E-state index >= 15 is 0 Å². The van der Waals surface area contributed by atoms with Gasteiger partial charge in [-0.25, -0.2) is 0 Å². The Balaban J connectivity index is 1.86. The molecule has 0 aromatic carbocycles. The molecule has 66 valence electrons. The Bertz CT molecular complexity index is 89.6. The minimum Gasteiger partial charge on any atom is -0.314 e. The van der Waals surface area contributed by atoms with Gasteiger partial charge < -0.3 is 5.32 Å². The number of nitrogens with one attached hydrogen (secondary N) is 1. The highest BCUT2D eigenvalue weighted by Gasteiger charge is 2.12.